The molecule has 26 heavy (non-hydrogen) atoms. The minimum absolute atomic E-state index is 0.0208. The fraction of sp³-hybridized carbons (Fsp3) is 0.450. The number of nitrogens with zero attached hydrogens (tertiary/aromatic N) is 2. The van der Waals surface area contributed by atoms with Crippen LogP contribution in [0.1, 0.15) is 36.1 Å². The Morgan fingerprint density at radius 1 is 1.23 bits per heavy atom. The molecular formula is C20H25N3O3. The number of nitrogens with one attached hydrogen (secondary N) is 1. The maximum atomic E-state index is 12.0. The molecule has 0 bridgehead atoms. The minimum Gasteiger partial charge on any atom is -0.381 e. The zero-order valence-electron chi connectivity index (χ0n) is 14.9. The molecule has 1 fully saturated rings. The van der Waals surface area contributed by atoms with E-state index in [1.165, 1.54) is 6.33 Å². The van der Waals surface area contributed by atoms with E-state index in [-0.39, 0.29) is 12.0 Å². The van der Waals surface area contributed by atoms with E-state index in [0.717, 1.165) is 42.9 Å². The highest BCUT2D eigenvalue weighted by Gasteiger charge is 2.14. The molecule has 2 aromatic rings. The van der Waals surface area contributed by atoms with Crippen LogP contribution >= 0.6 is 0 Å². The van der Waals surface area contributed by atoms with Gasteiger partial charge in [-0.3, -0.25) is 4.79 Å². The van der Waals surface area contributed by atoms with Gasteiger partial charge in [0.1, 0.15) is 6.33 Å². The standard InChI is InChI=1S/C20H25N3O3/c24-20(5-4-18-6-9-21-15-23-18)22-13-16-2-1-3-17(12-16)14-26-19-7-10-25-11-8-19/h1-3,6,9,12,15,19H,4-5,7-8,10-11,13-14H2,(H,22,24). The van der Waals surface area contributed by atoms with Crippen LogP contribution in [-0.4, -0.2) is 35.2 Å². The van der Waals surface area contributed by atoms with Crippen LogP contribution in [0.2, 0.25) is 0 Å². The first-order valence-corrected chi connectivity index (χ1v) is 9.08. The van der Waals surface area contributed by atoms with Gasteiger partial charge in [-0.2, -0.15) is 0 Å². The normalized spacial score (nSPS) is 14.9. The van der Waals surface area contributed by atoms with Gasteiger partial charge in [0.2, 0.25) is 5.91 Å². The van der Waals surface area contributed by atoms with Crippen molar-refractivity contribution in [1.29, 1.82) is 0 Å². The molecule has 1 aliphatic rings. The summed E-state index contributed by atoms with van der Waals surface area (Å²) in [5, 5.41) is 2.96. The highest BCUT2D eigenvalue weighted by molar-refractivity contribution is 5.76. The average molecular weight is 355 g/mol. The second-order valence-electron chi connectivity index (χ2n) is 6.42. The molecule has 3 rings (SSSR count). The monoisotopic (exact) mass is 355 g/mol. The van der Waals surface area contributed by atoms with Crippen LogP contribution in [0.25, 0.3) is 0 Å². The molecule has 0 unspecified atom stereocenters. The summed E-state index contributed by atoms with van der Waals surface area (Å²) in [5.74, 6) is 0.0208. The van der Waals surface area contributed by atoms with E-state index in [9.17, 15) is 4.79 Å². The first-order valence-electron chi connectivity index (χ1n) is 9.08. The lowest BCUT2D eigenvalue weighted by molar-refractivity contribution is -0.121. The van der Waals surface area contributed by atoms with Crippen molar-refractivity contribution in [2.24, 2.45) is 0 Å². The number of amides is 1. The lowest BCUT2D eigenvalue weighted by Crippen LogP contribution is -2.24. The van der Waals surface area contributed by atoms with E-state index in [1.54, 1.807) is 6.20 Å². The van der Waals surface area contributed by atoms with E-state index in [4.69, 9.17) is 9.47 Å². The summed E-state index contributed by atoms with van der Waals surface area (Å²) in [5.41, 5.74) is 3.08. The van der Waals surface area contributed by atoms with Crippen molar-refractivity contribution in [2.75, 3.05) is 13.2 Å². The van der Waals surface area contributed by atoms with Gasteiger partial charge in [-0.1, -0.05) is 24.3 Å². The number of carbonyl (C=O) groups is 1. The molecule has 1 aromatic carbocycles. The zero-order chi connectivity index (χ0) is 18.0. The molecule has 0 radical (unpaired) electrons. The molecular weight excluding hydrogens is 330 g/mol. The van der Waals surface area contributed by atoms with E-state index < -0.39 is 0 Å². The SMILES string of the molecule is O=C(CCc1ccncn1)NCc1cccc(COC2CCOCC2)c1. The first-order chi connectivity index (χ1) is 12.8. The summed E-state index contributed by atoms with van der Waals surface area (Å²) >= 11 is 0. The van der Waals surface area contributed by atoms with Crippen molar-refractivity contribution in [3.8, 4) is 0 Å². The Morgan fingerprint density at radius 3 is 2.88 bits per heavy atom. The molecule has 1 N–H and O–H groups in total. The summed E-state index contributed by atoms with van der Waals surface area (Å²) < 4.78 is 11.3. The highest BCUT2D eigenvalue weighted by atomic mass is 16.5. The predicted molar refractivity (Wildman–Crippen MR) is 97.3 cm³/mol. The van der Waals surface area contributed by atoms with Crippen LogP contribution in [0.5, 0.6) is 0 Å². The topological polar surface area (TPSA) is 73.3 Å². The smallest absolute Gasteiger partial charge is 0.220 e. The van der Waals surface area contributed by atoms with Gasteiger partial charge in [0.15, 0.2) is 0 Å². The molecule has 0 saturated carbocycles. The van der Waals surface area contributed by atoms with E-state index in [1.807, 2.05) is 18.2 Å². The van der Waals surface area contributed by atoms with Gasteiger partial charge < -0.3 is 14.8 Å². The number of carbonyl (C=O) groups excluding carboxylic acids is 1. The lowest BCUT2D eigenvalue weighted by atomic mass is 10.1. The third-order valence-electron chi connectivity index (χ3n) is 4.39. The summed E-state index contributed by atoms with van der Waals surface area (Å²) in [6.07, 6.45) is 6.44. The van der Waals surface area contributed by atoms with Gasteiger partial charge in [-0.05, 0) is 36.5 Å². The molecule has 138 valence electrons. The third kappa shape index (κ3) is 6.20. The maximum absolute atomic E-state index is 12.0. The van der Waals surface area contributed by atoms with E-state index in [0.29, 0.717) is 26.0 Å². The van der Waals surface area contributed by atoms with Crippen LogP contribution in [0.3, 0.4) is 0 Å². The number of benzene rings is 1. The van der Waals surface area contributed by atoms with Crippen LogP contribution in [-0.2, 0) is 33.8 Å². The maximum Gasteiger partial charge on any atom is 0.220 e. The molecule has 2 heterocycles. The third-order valence-corrected chi connectivity index (χ3v) is 4.39. The van der Waals surface area contributed by atoms with Gasteiger partial charge in [0.25, 0.3) is 0 Å². The van der Waals surface area contributed by atoms with Crippen molar-refractivity contribution in [3.05, 3.63) is 59.7 Å². The minimum atomic E-state index is 0.0208. The van der Waals surface area contributed by atoms with Crippen LogP contribution in [0.4, 0.5) is 0 Å². The van der Waals surface area contributed by atoms with Crippen molar-refractivity contribution >= 4 is 5.91 Å². The van der Waals surface area contributed by atoms with Crippen molar-refractivity contribution in [2.45, 2.75) is 44.9 Å². The summed E-state index contributed by atoms with van der Waals surface area (Å²) in [6.45, 7) is 2.69. The fourth-order valence-electron chi connectivity index (χ4n) is 2.88. The summed E-state index contributed by atoms with van der Waals surface area (Å²) in [7, 11) is 0. The number of ether oxygens (including phenoxy) is 2. The first kappa shape index (κ1) is 18.5. The zero-order valence-corrected chi connectivity index (χ0v) is 14.9. The molecule has 0 atom stereocenters. The lowest BCUT2D eigenvalue weighted by Gasteiger charge is -2.22. The predicted octanol–water partition coefficient (Wildman–Crippen LogP) is 2.42. The summed E-state index contributed by atoms with van der Waals surface area (Å²) in [4.78, 5) is 20.0. The molecule has 0 aliphatic carbocycles. The molecule has 1 amide bonds. The van der Waals surface area contributed by atoms with Gasteiger partial charge >= 0.3 is 0 Å². The Hall–Kier alpha value is -2.31. The Kier molecular flexibility index (Phi) is 7.10. The Morgan fingerprint density at radius 2 is 2.08 bits per heavy atom. The van der Waals surface area contributed by atoms with Gasteiger partial charge in [-0.15, -0.1) is 0 Å². The highest BCUT2D eigenvalue weighted by Crippen LogP contribution is 2.14. The second kappa shape index (κ2) is 9.99. The van der Waals surface area contributed by atoms with Crippen molar-refractivity contribution in [1.82, 2.24) is 15.3 Å². The molecule has 1 saturated heterocycles. The molecule has 6 heteroatoms. The average Bonchev–Trinajstić information content (AvgIpc) is 2.71. The van der Waals surface area contributed by atoms with E-state index >= 15 is 0 Å². The number of aromatic nitrogens is 2. The van der Waals surface area contributed by atoms with Gasteiger partial charge in [0, 0.05) is 38.1 Å². The molecule has 0 spiro atoms. The Bertz CT molecular complexity index is 688. The summed E-state index contributed by atoms with van der Waals surface area (Å²) in [6, 6.07) is 9.99. The Labute approximate surface area is 154 Å². The molecule has 1 aromatic heterocycles. The van der Waals surface area contributed by atoms with Crippen LogP contribution in [0.15, 0.2) is 42.9 Å². The molecule has 1 aliphatic heterocycles. The number of rotatable bonds is 8. The number of aryl methyl sites for hydroxylation is 1. The quantitative estimate of drug-likeness (QED) is 0.787. The van der Waals surface area contributed by atoms with Crippen molar-refractivity contribution < 1.29 is 14.3 Å². The second-order valence-corrected chi connectivity index (χ2v) is 6.42. The van der Waals surface area contributed by atoms with Crippen LogP contribution in [0, 0.1) is 0 Å². The van der Waals surface area contributed by atoms with Crippen LogP contribution < -0.4 is 5.32 Å². The van der Waals surface area contributed by atoms with Crippen molar-refractivity contribution in [3.63, 3.8) is 0 Å². The number of hydrogen-bond donors (Lipinski definition) is 1. The van der Waals surface area contributed by atoms with E-state index in [2.05, 4.69) is 27.4 Å². The largest absolute Gasteiger partial charge is 0.381 e. The Balaban J connectivity index is 1.40. The number of hydrogen-bond acceptors (Lipinski definition) is 5. The van der Waals surface area contributed by atoms with Gasteiger partial charge in [-0.25, -0.2) is 9.97 Å². The fourth-order valence-corrected chi connectivity index (χ4v) is 2.88. The van der Waals surface area contributed by atoms with Gasteiger partial charge in [0.05, 0.1) is 12.7 Å². The molecule has 6 nitrogen and oxygen atoms in total.